The summed E-state index contributed by atoms with van der Waals surface area (Å²) in [5.41, 5.74) is 0. The predicted octanol–water partition coefficient (Wildman–Crippen LogP) is 12.8. The summed E-state index contributed by atoms with van der Waals surface area (Å²) in [6, 6.07) is 0. The molecule has 0 heterocycles. The highest BCUT2D eigenvalue weighted by molar-refractivity contribution is 5.70. The van der Waals surface area contributed by atoms with Crippen molar-refractivity contribution in [1.82, 2.24) is 0 Å². The van der Waals surface area contributed by atoms with Gasteiger partial charge >= 0.3 is 11.9 Å². The van der Waals surface area contributed by atoms with Crippen molar-refractivity contribution in [1.29, 1.82) is 0 Å². The van der Waals surface area contributed by atoms with Crippen molar-refractivity contribution in [2.75, 3.05) is 13.2 Å². The molecule has 1 atom stereocenters. The van der Waals surface area contributed by atoms with E-state index < -0.39 is 6.10 Å². The third-order valence-electron chi connectivity index (χ3n) is 8.53. The first-order valence-electron chi connectivity index (χ1n) is 20.3. The fourth-order valence-electron chi connectivity index (χ4n) is 5.41. The van der Waals surface area contributed by atoms with Crippen LogP contribution in [0, 0.1) is 0 Å². The van der Waals surface area contributed by atoms with Gasteiger partial charge in [0.1, 0.15) is 6.61 Å². The Balaban J connectivity index is 3.62. The molecule has 0 aliphatic rings. The third kappa shape index (κ3) is 38.3. The molecule has 0 aromatic heterocycles. The maximum absolute atomic E-state index is 12.2. The van der Waals surface area contributed by atoms with Crippen LogP contribution in [0.15, 0.2) is 60.8 Å². The minimum atomic E-state index is -0.786. The molecule has 1 N–H and O–H groups in total. The lowest BCUT2D eigenvalue weighted by Gasteiger charge is -2.15. The summed E-state index contributed by atoms with van der Waals surface area (Å²) in [4.78, 5) is 24.3. The first kappa shape index (κ1) is 46.6. The Labute approximate surface area is 302 Å². The molecule has 49 heavy (non-hydrogen) atoms. The Kier molecular flexibility index (Phi) is 38.1. The van der Waals surface area contributed by atoms with Crippen LogP contribution in [0.5, 0.6) is 0 Å². The zero-order valence-corrected chi connectivity index (χ0v) is 31.9. The van der Waals surface area contributed by atoms with Gasteiger partial charge in [-0.15, -0.1) is 0 Å². The number of esters is 2. The Morgan fingerprint density at radius 2 is 0.816 bits per heavy atom. The van der Waals surface area contributed by atoms with Crippen LogP contribution >= 0.6 is 0 Å². The average Bonchev–Trinajstić information content (AvgIpc) is 3.10. The van der Waals surface area contributed by atoms with E-state index in [0.29, 0.717) is 12.8 Å². The molecule has 0 bridgehead atoms. The molecule has 5 nitrogen and oxygen atoms in total. The summed E-state index contributed by atoms with van der Waals surface area (Å²) < 4.78 is 10.6. The largest absolute Gasteiger partial charge is 0.462 e. The number of aliphatic hydroxyl groups is 1. The summed E-state index contributed by atoms with van der Waals surface area (Å²) >= 11 is 0. The average molecular weight is 685 g/mol. The molecule has 0 aromatic rings. The van der Waals surface area contributed by atoms with Gasteiger partial charge in [-0.1, -0.05) is 152 Å². The second-order valence-corrected chi connectivity index (χ2v) is 13.4. The number of aliphatic hydroxyl groups excluding tert-OH is 1. The van der Waals surface area contributed by atoms with Gasteiger partial charge in [0.2, 0.25) is 0 Å². The van der Waals surface area contributed by atoms with Crippen LogP contribution in [0.3, 0.4) is 0 Å². The van der Waals surface area contributed by atoms with E-state index in [9.17, 15) is 14.7 Å². The van der Waals surface area contributed by atoms with Crippen molar-refractivity contribution >= 4 is 11.9 Å². The second-order valence-electron chi connectivity index (χ2n) is 13.4. The summed E-state index contributed by atoms with van der Waals surface area (Å²) in [5.74, 6) is -0.624. The van der Waals surface area contributed by atoms with Crippen molar-refractivity contribution < 1.29 is 24.2 Å². The van der Waals surface area contributed by atoms with Crippen LogP contribution in [0.25, 0.3) is 0 Å². The molecule has 5 heteroatoms. The maximum atomic E-state index is 12.2. The van der Waals surface area contributed by atoms with Gasteiger partial charge in [0.05, 0.1) is 6.61 Å². The monoisotopic (exact) mass is 685 g/mol. The minimum absolute atomic E-state index is 0.0806. The molecule has 0 spiro atoms. The van der Waals surface area contributed by atoms with Gasteiger partial charge in [-0.2, -0.15) is 0 Å². The van der Waals surface area contributed by atoms with Gasteiger partial charge < -0.3 is 14.6 Å². The SMILES string of the molecule is CCCCC/C=C\C/C=C\C/C=C\CCCCCCCCC(=O)OC(CO)COC(=O)CCCCCCC/C=C\C/C=C\CCCCCC. The highest BCUT2D eigenvalue weighted by atomic mass is 16.6. The fraction of sp³-hybridized carbons (Fsp3) is 0.727. The van der Waals surface area contributed by atoms with Gasteiger partial charge in [0.25, 0.3) is 0 Å². The van der Waals surface area contributed by atoms with E-state index in [0.717, 1.165) is 70.6 Å². The fourth-order valence-corrected chi connectivity index (χ4v) is 5.41. The highest BCUT2D eigenvalue weighted by Crippen LogP contribution is 2.12. The summed E-state index contributed by atoms with van der Waals surface area (Å²) in [6.45, 7) is 4.06. The number of unbranched alkanes of at least 4 members (excludes halogenated alkanes) is 18. The van der Waals surface area contributed by atoms with Crippen LogP contribution in [-0.2, 0) is 19.1 Å². The molecule has 0 amide bonds. The molecule has 0 radical (unpaired) electrons. The summed E-state index contributed by atoms with van der Waals surface area (Å²) in [6.07, 6.45) is 51.3. The Morgan fingerprint density at radius 1 is 0.469 bits per heavy atom. The molecular formula is C44H76O5. The number of carbonyl (C=O) groups excluding carboxylic acids is 2. The van der Waals surface area contributed by atoms with Crippen LogP contribution in [0.4, 0.5) is 0 Å². The van der Waals surface area contributed by atoms with Crippen molar-refractivity contribution in [3.8, 4) is 0 Å². The minimum Gasteiger partial charge on any atom is -0.462 e. The van der Waals surface area contributed by atoms with Gasteiger partial charge in [0, 0.05) is 12.8 Å². The standard InChI is InChI=1S/C44H76O5/c1-3-5-7-9-11-13-15-17-19-21-22-23-25-27-29-31-33-35-37-39-44(47)49-42(40-45)41-48-43(46)38-36-34-32-30-28-26-24-20-18-16-14-12-10-8-6-4-2/h11,13-14,16-17,19-20,22-24,42,45H,3-10,12,15,18,21,25-41H2,1-2H3/b13-11-,16-14-,19-17-,23-22-,24-20-. The molecule has 0 aromatic carbocycles. The highest BCUT2D eigenvalue weighted by Gasteiger charge is 2.16. The predicted molar refractivity (Wildman–Crippen MR) is 210 cm³/mol. The second kappa shape index (κ2) is 40.0. The van der Waals surface area contributed by atoms with Gasteiger partial charge in [0.15, 0.2) is 6.10 Å². The smallest absolute Gasteiger partial charge is 0.306 e. The van der Waals surface area contributed by atoms with Gasteiger partial charge in [-0.25, -0.2) is 0 Å². The van der Waals surface area contributed by atoms with Crippen LogP contribution in [0.1, 0.15) is 187 Å². The Bertz CT molecular complexity index is 869. The van der Waals surface area contributed by atoms with E-state index >= 15 is 0 Å². The van der Waals surface area contributed by atoms with Crippen molar-refractivity contribution in [2.24, 2.45) is 0 Å². The first-order chi connectivity index (χ1) is 24.1. The van der Waals surface area contributed by atoms with E-state index in [4.69, 9.17) is 9.47 Å². The van der Waals surface area contributed by atoms with Crippen LogP contribution in [-0.4, -0.2) is 36.4 Å². The number of rotatable bonds is 36. The molecule has 282 valence electrons. The van der Waals surface area contributed by atoms with Gasteiger partial charge in [-0.3, -0.25) is 9.59 Å². The number of carbonyl (C=O) groups is 2. The molecule has 0 rings (SSSR count). The molecule has 0 fully saturated rings. The zero-order valence-electron chi connectivity index (χ0n) is 31.9. The molecule has 0 aliphatic heterocycles. The van der Waals surface area contributed by atoms with E-state index in [-0.39, 0.29) is 25.2 Å². The maximum Gasteiger partial charge on any atom is 0.306 e. The van der Waals surface area contributed by atoms with E-state index in [1.807, 2.05) is 0 Å². The Morgan fingerprint density at radius 3 is 1.27 bits per heavy atom. The van der Waals surface area contributed by atoms with Crippen LogP contribution < -0.4 is 0 Å². The molecule has 0 aliphatic carbocycles. The first-order valence-corrected chi connectivity index (χ1v) is 20.3. The quantitative estimate of drug-likeness (QED) is 0.0404. The summed E-state index contributed by atoms with van der Waals surface area (Å²) in [5, 5.41) is 9.56. The normalized spacial score (nSPS) is 12.8. The van der Waals surface area contributed by atoms with Crippen molar-refractivity contribution in [3.63, 3.8) is 0 Å². The van der Waals surface area contributed by atoms with Crippen molar-refractivity contribution in [3.05, 3.63) is 60.8 Å². The molecule has 0 saturated carbocycles. The lowest BCUT2D eigenvalue weighted by molar-refractivity contribution is -0.161. The summed E-state index contributed by atoms with van der Waals surface area (Å²) in [7, 11) is 0. The number of ether oxygens (including phenoxy) is 2. The molecule has 1 unspecified atom stereocenters. The Hall–Kier alpha value is -2.40. The molecule has 0 saturated heterocycles. The third-order valence-corrected chi connectivity index (χ3v) is 8.53. The van der Waals surface area contributed by atoms with E-state index in [1.165, 1.54) is 89.9 Å². The zero-order chi connectivity index (χ0) is 35.7. The number of hydrogen-bond acceptors (Lipinski definition) is 5. The lowest BCUT2D eigenvalue weighted by atomic mass is 10.1. The lowest BCUT2D eigenvalue weighted by Crippen LogP contribution is -2.28. The molecular weight excluding hydrogens is 608 g/mol. The van der Waals surface area contributed by atoms with Crippen LogP contribution in [0.2, 0.25) is 0 Å². The topological polar surface area (TPSA) is 72.8 Å². The van der Waals surface area contributed by atoms with Gasteiger partial charge in [-0.05, 0) is 83.5 Å². The van der Waals surface area contributed by atoms with Crippen molar-refractivity contribution in [2.45, 2.75) is 193 Å². The van der Waals surface area contributed by atoms with E-state index in [2.05, 4.69) is 74.6 Å². The number of allylic oxidation sites excluding steroid dienone is 10. The van der Waals surface area contributed by atoms with E-state index in [1.54, 1.807) is 0 Å². The number of hydrogen-bond donors (Lipinski definition) is 1.